The lowest BCUT2D eigenvalue weighted by Crippen LogP contribution is -2.40. The number of nitrogens with two attached hydrogens (primary N) is 1. The molecule has 0 bridgehead atoms. The topological polar surface area (TPSA) is 92.1 Å². The standard InChI is InChI=1S/C8H14N4O2S2/c1-6(8(9)15)16(13,14)12(2)5-7-3-10-11-4-7/h3-4,6H,5H2,1-2H3,(H2,9,15)(H,10,11). The molecule has 1 aromatic rings. The second-order valence-electron chi connectivity index (χ2n) is 3.45. The first-order valence-corrected chi connectivity index (χ1v) is 6.49. The molecule has 0 radical (unpaired) electrons. The van der Waals surface area contributed by atoms with Crippen molar-refractivity contribution in [2.45, 2.75) is 18.7 Å². The largest absolute Gasteiger partial charge is 0.392 e. The number of aromatic nitrogens is 2. The van der Waals surface area contributed by atoms with E-state index in [9.17, 15) is 8.42 Å². The van der Waals surface area contributed by atoms with Gasteiger partial charge in [0, 0.05) is 25.4 Å². The molecular weight excluding hydrogens is 248 g/mol. The number of H-pyrrole nitrogens is 1. The molecule has 0 aromatic carbocycles. The Hall–Kier alpha value is -0.990. The summed E-state index contributed by atoms with van der Waals surface area (Å²) in [6, 6.07) is 0. The van der Waals surface area contributed by atoms with Crippen molar-refractivity contribution in [3.05, 3.63) is 18.0 Å². The number of hydrogen-bond donors (Lipinski definition) is 2. The van der Waals surface area contributed by atoms with Crippen molar-refractivity contribution in [1.29, 1.82) is 0 Å². The maximum atomic E-state index is 11.9. The average molecular weight is 262 g/mol. The van der Waals surface area contributed by atoms with E-state index in [1.165, 1.54) is 18.3 Å². The number of rotatable bonds is 5. The Kier molecular flexibility index (Phi) is 4.00. The number of aromatic amines is 1. The lowest BCUT2D eigenvalue weighted by Gasteiger charge is -2.20. The summed E-state index contributed by atoms with van der Waals surface area (Å²) in [6.07, 6.45) is 3.20. The molecule has 16 heavy (non-hydrogen) atoms. The second-order valence-corrected chi connectivity index (χ2v) is 6.28. The van der Waals surface area contributed by atoms with Crippen LogP contribution in [0.4, 0.5) is 0 Å². The molecule has 8 heteroatoms. The van der Waals surface area contributed by atoms with E-state index in [0.29, 0.717) is 0 Å². The molecule has 0 saturated carbocycles. The van der Waals surface area contributed by atoms with Crippen LogP contribution in [0.1, 0.15) is 12.5 Å². The highest BCUT2D eigenvalue weighted by Gasteiger charge is 2.28. The van der Waals surface area contributed by atoms with Crippen molar-refractivity contribution in [1.82, 2.24) is 14.5 Å². The first kappa shape index (κ1) is 13.1. The third-order valence-electron chi connectivity index (χ3n) is 2.24. The number of nitrogens with zero attached hydrogens (tertiary/aromatic N) is 2. The fourth-order valence-corrected chi connectivity index (χ4v) is 2.66. The van der Waals surface area contributed by atoms with Gasteiger partial charge in [-0.3, -0.25) is 5.10 Å². The van der Waals surface area contributed by atoms with E-state index in [2.05, 4.69) is 22.4 Å². The van der Waals surface area contributed by atoms with Gasteiger partial charge in [-0.15, -0.1) is 0 Å². The Morgan fingerprint density at radius 2 is 2.38 bits per heavy atom. The van der Waals surface area contributed by atoms with E-state index in [1.54, 1.807) is 12.4 Å². The molecular formula is C8H14N4O2S2. The Morgan fingerprint density at radius 3 is 2.81 bits per heavy atom. The number of hydrogen-bond acceptors (Lipinski definition) is 4. The predicted octanol–water partition coefficient (Wildman–Crippen LogP) is -0.154. The lowest BCUT2D eigenvalue weighted by atomic mass is 10.4. The van der Waals surface area contributed by atoms with Gasteiger partial charge in [-0.05, 0) is 6.92 Å². The smallest absolute Gasteiger partial charge is 0.223 e. The van der Waals surface area contributed by atoms with Crippen LogP contribution in [-0.4, -0.2) is 40.2 Å². The molecule has 90 valence electrons. The van der Waals surface area contributed by atoms with Gasteiger partial charge in [0.2, 0.25) is 10.0 Å². The second kappa shape index (κ2) is 4.89. The Balaban J connectivity index is 2.81. The average Bonchev–Trinajstić information content (AvgIpc) is 2.68. The molecule has 6 nitrogen and oxygen atoms in total. The van der Waals surface area contributed by atoms with Crippen molar-refractivity contribution in [2.24, 2.45) is 5.73 Å². The molecule has 1 unspecified atom stereocenters. The van der Waals surface area contributed by atoms with Gasteiger partial charge in [-0.25, -0.2) is 8.42 Å². The van der Waals surface area contributed by atoms with Crippen LogP contribution in [-0.2, 0) is 16.6 Å². The minimum atomic E-state index is -3.49. The maximum absolute atomic E-state index is 11.9. The summed E-state index contributed by atoms with van der Waals surface area (Å²) in [4.78, 5) is -0.0287. The van der Waals surface area contributed by atoms with E-state index in [0.717, 1.165) is 5.56 Å². The van der Waals surface area contributed by atoms with E-state index in [1.807, 2.05) is 0 Å². The van der Waals surface area contributed by atoms with E-state index in [4.69, 9.17) is 5.73 Å². The van der Waals surface area contributed by atoms with Crippen molar-refractivity contribution < 1.29 is 8.42 Å². The fraction of sp³-hybridized carbons (Fsp3) is 0.500. The van der Waals surface area contributed by atoms with Gasteiger partial charge in [0.25, 0.3) is 0 Å². The van der Waals surface area contributed by atoms with Crippen molar-refractivity contribution in [3.8, 4) is 0 Å². The highest BCUT2D eigenvalue weighted by molar-refractivity contribution is 7.92. The monoisotopic (exact) mass is 262 g/mol. The lowest BCUT2D eigenvalue weighted by molar-refractivity contribution is 0.464. The highest BCUT2D eigenvalue weighted by Crippen LogP contribution is 2.11. The molecule has 3 N–H and O–H groups in total. The first-order chi connectivity index (χ1) is 7.35. The van der Waals surface area contributed by atoms with Crippen LogP contribution >= 0.6 is 12.2 Å². The Labute approximate surface area is 99.9 Å². The fourth-order valence-electron chi connectivity index (χ4n) is 1.13. The quantitative estimate of drug-likeness (QED) is 0.720. The number of nitrogens with one attached hydrogen (secondary N) is 1. The summed E-state index contributed by atoms with van der Waals surface area (Å²) < 4.78 is 25.1. The van der Waals surface area contributed by atoms with Gasteiger partial charge >= 0.3 is 0 Å². The first-order valence-electron chi connectivity index (χ1n) is 4.58. The minimum Gasteiger partial charge on any atom is -0.392 e. The zero-order valence-corrected chi connectivity index (χ0v) is 10.7. The molecule has 0 spiro atoms. The van der Waals surface area contributed by atoms with Crippen LogP contribution in [0, 0.1) is 0 Å². The molecule has 1 rings (SSSR count). The summed E-state index contributed by atoms with van der Waals surface area (Å²) in [5, 5.41) is 5.50. The molecule has 0 fully saturated rings. The van der Waals surface area contributed by atoms with Crippen LogP contribution in [0.5, 0.6) is 0 Å². The van der Waals surface area contributed by atoms with Gasteiger partial charge in [-0.2, -0.15) is 9.40 Å². The number of thiocarbonyl (C=S) groups is 1. The summed E-state index contributed by atoms with van der Waals surface area (Å²) >= 11 is 4.69. The normalized spacial score (nSPS) is 13.9. The van der Waals surface area contributed by atoms with Gasteiger partial charge in [-0.1, -0.05) is 12.2 Å². The van der Waals surface area contributed by atoms with Crippen LogP contribution in [0.15, 0.2) is 12.4 Å². The predicted molar refractivity (Wildman–Crippen MR) is 65.2 cm³/mol. The third kappa shape index (κ3) is 2.77. The Morgan fingerprint density at radius 1 is 1.75 bits per heavy atom. The molecule has 0 aliphatic carbocycles. The van der Waals surface area contributed by atoms with Crippen molar-refractivity contribution >= 4 is 27.2 Å². The van der Waals surface area contributed by atoms with Crippen molar-refractivity contribution in [2.75, 3.05) is 7.05 Å². The van der Waals surface area contributed by atoms with Crippen LogP contribution < -0.4 is 5.73 Å². The number of sulfonamides is 1. The molecule has 1 atom stereocenters. The van der Waals surface area contributed by atoms with Crippen molar-refractivity contribution in [3.63, 3.8) is 0 Å². The molecule has 0 amide bonds. The van der Waals surface area contributed by atoms with Gasteiger partial charge in [0.05, 0.1) is 11.2 Å². The molecule has 0 aliphatic rings. The zero-order valence-electron chi connectivity index (χ0n) is 9.04. The minimum absolute atomic E-state index is 0.0287. The zero-order chi connectivity index (χ0) is 12.3. The summed E-state index contributed by atoms with van der Waals surface area (Å²) in [5.74, 6) is 0. The van der Waals surface area contributed by atoms with Gasteiger partial charge < -0.3 is 5.73 Å². The van der Waals surface area contributed by atoms with E-state index >= 15 is 0 Å². The van der Waals surface area contributed by atoms with Crippen LogP contribution in [0.3, 0.4) is 0 Å². The molecule has 0 saturated heterocycles. The molecule has 0 aliphatic heterocycles. The van der Waals surface area contributed by atoms with Crippen LogP contribution in [0.25, 0.3) is 0 Å². The van der Waals surface area contributed by atoms with E-state index in [-0.39, 0.29) is 11.5 Å². The summed E-state index contributed by atoms with van der Waals surface area (Å²) in [5.41, 5.74) is 6.12. The van der Waals surface area contributed by atoms with E-state index < -0.39 is 15.3 Å². The Bertz CT molecular complexity index is 454. The molecule has 1 heterocycles. The van der Waals surface area contributed by atoms with Gasteiger partial charge in [0.1, 0.15) is 5.25 Å². The SMILES string of the molecule is CC(C(N)=S)S(=O)(=O)N(C)Cc1cn[nH]c1. The van der Waals surface area contributed by atoms with Crippen LogP contribution in [0.2, 0.25) is 0 Å². The maximum Gasteiger partial charge on any atom is 0.223 e. The summed E-state index contributed by atoms with van der Waals surface area (Å²) in [7, 11) is -2.01. The summed E-state index contributed by atoms with van der Waals surface area (Å²) in [6.45, 7) is 1.72. The highest BCUT2D eigenvalue weighted by atomic mass is 32.2. The molecule has 1 aromatic heterocycles. The van der Waals surface area contributed by atoms with Gasteiger partial charge in [0.15, 0.2) is 0 Å². The third-order valence-corrected chi connectivity index (χ3v) is 4.89.